The third kappa shape index (κ3) is 5.67. The predicted molar refractivity (Wildman–Crippen MR) is 132 cm³/mol. The highest BCUT2D eigenvalue weighted by Crippen LogP contribution is 2.36. The van der Waals surface area contributed by atoms with E-state index in [0.717, 1.165) is 44.6 Å². The maximum Gasteiger partial charge on any atom is 0.317 e. The summed E-state index contributed by atoms with van der Waals surface area (Å²) >= 11 is 12.3. The summed E-state index contributed by atoms with van der Waals surface area (Å²) in [6.07, 6.45) is 5.47. The van der Waals surface area contributed by atoms with E-state index in [1.807, 2.05) is 4.90 Å². The lowest BCUT2D eigenvalue weighted by molar-refractivity contribution is 0.174. The van der Waals surface area contributed by atoms with E-state index in [2.05, 4.69) is 15.2 Å². The average molecular weight is 510 g/mol. The number of nitrogens with one attached hydrogen (secondary N) is 1. The first-order valence-electron chi connectivity index (χ1n) is 11.6. The maximum atomic E-state index is 13.9. The predicted octanol–water partition coefficient (Wildman–Crippen LogP) is 5.02. The minimum atomic E-state index is -0.666. The molecule has 1 unspecified atom stereocenters. The molecule has 2 aliphatic rings. The fraction of sp³-hybridized carbons (Fsp3) is 0.500. The summed E-state index contributed by atoms with van der Waals surface area (Å²) in [4.78, 5) is 21.5. The highest BCUT2D eigenvalue weighted by atomic mass is 35.5. The van der Waals surface area contributed by atoms with Gasteiger partial charge in [0, 0.05) is 42.5 Å². The number of carbonyl (C=O) groups is 1. The molecule has 2 aromatic rings. The van der Waals surface area contributed by atoms with Gasteiger partial charge in [-0.05, 0) is 69.5 Å². The van der Waals surface area contributed by atoms with Crippen LogP contribution < -0.4 is 15.8 Å². The third-order valence-electron chi connectivity index (χ3n) is 6.48. The van der Waals surface area contributed by atoms with Crippen molar-refractivity contribution in [3.05, 3.63) is 51.4 Å². The SMILES string of the molecule is C[C@@H](Oc1cc(CNC(=O)N2CCCC2CN2CCCC2)cnc1N)c1c(Cl)ccc(F)c1Cl. The summed E-state index contributed by atoms with van der Waals surface area (Å²) in [6, 6.07) is 4.53. The Morgan fingerprint density at radius 2 is 2.06 bits per heavy atom. The Morgan fingerprint density at radius 1 is 1.29 bits per heavy atom. The number of rotatable bonds is 7. The van der Waals surface area contributed by atoms with Gasteiger partial charge in [0.2, 0.25) is 0 Å². The number of hydrogen-bond acceptors (Lipinski definition) is 5. The second-order valence-corrected chi connectivity index (χ2v) is 9.68. The van der Waals surface area contributed by atoms with Gasteiger partial charge in [-0.1, -0.05) is 23.2 Å². The summed E-state index contributed by atoms with van der Waals surface area (Å²) in [5, 5.41) is 3.19. The summed E-state index contributed by atoms with van der Waals surface area (Å²) in [5.41, 5.74) is 7.06. The van der Waals surface area contributed by atoms with Gasteiger partial charge in [-0.3, -0.25) is 0 Å². The van der Waals surface area contributed by atoms with E-state index < -0.39 is 11.9 Å². The van der Waals surface area contributed by atoms with Crippen molar-refractivity contribution in [1.82, 2.24) is 20.1 Å². The topological polar surface area (TPSA) is 83.7 Å². The first kappa shape index (κ1) is 24.8. The Hall–Kier alpha value is -2.29. The van der Waals surface area contributed by atoms with Crippen molar-refractivity contribution < 1.29 is 13.9 Å². The lowest BCUT2D eigenvalue weighted by Gasteiger charge is -2.28. The molecule has 2 atom stereocenters. The van der Waals surface area contributed by atoms with Crippen molar-refractivity contribution in [1.29, 1.82) is 0 Å². The molecule has 1 aromatic carbocycles. The van der Waals surface area contributed by atoms with Crippen LogP contribution in [0.3, 0.4) is 0 Å². The minimum Gasteiger partial charge on any atom is -0.482 e. The fourth-order valence-corrected chi connectivity index (χ4v) is 5.36. The van der Waals surface area contributed by atoms with E-state index in [4.69, 9.17) is 33.7 Å². The number of nitrogen functional groups attached to an aromatic ring is 1. The van der Waals surface area contributed by atoms with Crippen LogP contribution in [0.5, 0.6) is 5.75 Å². The summed E-state index contributed by atoms with van der Waals surface area (Å²) in [5.74, 6) is -0.0939. The molecule has 0 bridgehead atoms. The molecule has 4 rings (SSSR count). The smallest absolute Gasteiger partial charge is 0.317 e. The van der Waals surface area contributed by atoms with Gasteiger partial charge in [-0.25, -0.2) is 14.2 Å². The van der Waals surface area contributed by atoms with E-state index in [0.29, 0.717) is 16.3 Å². The molecule has 2 aliphatic heterocycles. The maximum absolute atomic E-state index is 13.9. The van der Waals surface area contributed by atoms with E-state index in [1.54, 1.807) is 19.2 Å². The Bertz CT molecular complexity index is 1030. The molecule has 10 heteroatoms. The van der Waals surface area contributed by atoms with Crippen molar-refractivity contribution in [2.24, 2.45) is 0 Å². The molecule has 3 N–H and O–H groups in total. The number of hydrogen-bond donors (Lipinski definition) is 2. The number of ether oxygens (including phenoxy) is 1. The van der Waals surface area contributed by atoms with Crippen LogP contribution >= 0.6 is 23.2 Å². The van der Waals surface area contributed by atoms with Crippen molar-refractivity contribution in [3.63, 3.8) is 0 Å². The normalized spacial score (nSPS) is 19.4. The van der Waals surface area contributed by atoms with Crippen LogP contribution in [-0.2, 0) is 6.54 Å². The molecular formula is C24H30Cl2FN5O2. The van der Waals surface area contributed by atoms with Crippen LogP contribution in [0.2, 0.25) is 10.0 Å². The standard InChI is InChI=1S/C24H30Cl2FN5O2/c1-15(21-18(25)6-7-19(27)22(21)26)34-20-11-16(12-29-23(20)28)13-30-24(33)32-10-4-5-17(32)14-31-8-2-3-9-31/h6-7,11-12,15,17H,2-5,8-10,13-14H2,1H3,(H2,28,29)(H,30,33)/t15-,17?/m1/s1. The molecule has 0 aliphatic carbocycles. The zero-order valence-corrected chi connectivity index (χ0v) is 20.7. The average Bonchev–Trinajstić information content (AvgIpc) is 3.49. The molecule has 0 spiro atoms. The van der Waals surface area contributed by atoms with Gasteiger partial charge >= 0.3 is 6.03 Å². The Kier molecular flexibility index (Phi) is 8.01. The number of nitrogens with zero attached hydrogens (tertiary/aromatic N) is 3. The molecule has 184 valence electrons. The molecule has 2 amide bonds. The van der Waals surface area contributed by atoms with Crippen molar-refractivity contribution >= 4 is 35.1 Å². The summed E-state index contributed by atoms with van der Waals surface area (Å²) in [7, 11) is 0. The van der Waals surface area contributed by atoms with Crippen molar-refractivity contribution in [2.75, 3.05) is 31.9 Å². The minimum absolute atomic E-state index is 0.0762. The van der Waals surface area contributed by atoms with Crippen molar-refractivity contribution in [3.8, 4) is 5.75 Å². The molecule has 7 nitrogen and oxygen atoms in total. The lowest BCUT2D eigenvalue weighted by atomic mass is 10.1. The lowest BCUT2D eigenvalue weighted by Crippen LogP contribution is -2.46. The number of aromatic nitrogens is 1. The number of benzene rings is 1. The van der Waals surface area contributed by atoms with E-state index in [1.165, 1.54) is 25.0 Å². The van der Waals surface area contributed by atoms with E-state index >= 15 is 0 Å². The molecule has 2 fully saturated rings. The molecular weight excluding hydrogens is 480 g/mol. The molecule has 0 radical (unpaired) electrons. The highest BCUT2D eigenvalue weighted by Gasteiger charge is 2.30. The number of urea groups is 1. The molecule has 1 aromatic heterocycles. The van der Waals surface area contributed by atoms with Crippen LogP contribution in [0.15, 0.2) is 24.4 Å². The van der Waals surface area contributed by atoms with Gasteiger partial charge in [0.05, 0.1) is 5.02 Å². The Balaban J connectivity index is 1.38. The second-order valence-electron chi connectivity index (χ2n) is 8.90. The van der Waals surface area contributed by atoms with Crippen LogP contribution in [0, 0.1) is 5.82 Å². The van der Waals surface area contributed by atoms with E-state index in [9.17, 15) is 9.18 Å². The Morgan fingerprint density at radius 3 is 2.82 bits per heavy atom. The highest BCUT2D eigenvalue weighted by molar-refractivity contribution is 6.36. The number of halogens is 3. The van der Waals surface area contributed by atoms with Crippen LogP contribution in [-0.4, -0.2) is 53.0 Å². The van der Waals surface area contributed by atoms with E-state index in [-0.39, 0.29) is 29.5 Å². The monoisotopic (exact) mass is 509 g/mol. The summed E-state index contributed by atoms with van der Waals surface area (Å²) in [6.45, 7) is 5.94. The van der Waals surface area contributed by atoms with Gasteiger partial charge in [-0.15, -0.1) is 0 Å². The molecule has 34 heavy (non-hydrogen) atoms. The van der Waals surface area contributed by atoms with Gasteiger partial charge in [0.15, 0.2) is 11.6 Å². The number of anilines is 1. The van der Waals surface area contributed by atoms with Gasteiger partial charge < -0.3 is 25.6 Å². The quantitative estimate of drug-likeness (QED) is 0.512. The number of nitrogens with two attached hydrogens (primary N) is 1. The number of amides is 2. The van der Waals surface area contributed by atoms with Crippen LogP contribution in [0.4, 0.5) is 15.0 Å². The van der Waals surface area contributed by atoms with Gasteiger partial charge in [0.1, 0.15) is 11.9 Å². The Labute approximate surface area is 209 Å². The molecule has 3 heterocycles. The van der Waals surface area contributed by atoms with Crippen LogP contribution in [0.25, 0.3) is 0 Å². The largest absolute Gasteiger partial charge is 0.482 e. The number of likely N-dealkylation sites (tertiary alicyclic amines) is 2. The first-order valence-corrected chi connectivity index (χ1v) is 12.4. The number of carbonyl (C=O) groups excluding carboxylic acids is 1. The number of pyridine rings is 1. The molecule has 2 saturated heterocycles. The zero-order chi connectivity index (χ0) is 24.2. The molecule has 0 saturated carbocycles. The van der Waals surface area contributed by atoms with Gasteiger partial charge in [-0.2, -0.15) is 0 Å². The first-order chi connectivity index (χ1) is 16.3. The summed E-state index contributed by atoms with van der Waals surface area (Å²) < 4.78 is 19.9. The third-order valence-corrected chi connectivity index (χ3v) is 7.19. The zero-order valence-electron chi connectivity index (χ0n) is 19.2. The van der Waals surface area contributed by atoms with Gasteiger partial charge in [0.25, 0.3) is 0 Å². The fourth-order valence-electron chi connectivity index (χ4n) is 4.69. The van der Waals surface area contributed by atoms with Crippen molar-refractivity contribution in [2.45, 2.75) is 51.3 Å². The second kappa shape index (κ2) is 11.0. The van der Waals surface area contributed by atoms with Crippen LogP contribution in [0.1, 0.15) is 49.8 Å².